The molecular formula is C12H10BrN. The molecule has 0 fully saturated rings. The summed E-state index contributed by atoms with van der Waals surface area (Å²) in [4.78, 5) is 0. The van der Waals surface area contributed by atoms with Crippen LogP contribution in [0.15, 0.2) is 40.9 Å². The van der Waals surface area contributed by atoms with Crippen LogP contribution in [0.25, 0.3) is 0 Å². The molecule has 0 N–H and O–H groups in total. The molecule has 1 aromatic rings. The highest BCUT2D eigenvalue weighted by atomic mass is 79.9. The molecule has 0 saturated heterocycles. The Morgan fingerprint density at radius 1 is 1.21 bits per heavy atom. The fourth-order valence-electron chi connectivity index (χ4n) is 1.87. The first-order valence-electron chi connectivity index (χ1n) is 4.60. The van der Waals surface area contributed by atoms with E-state index < -0.39 is 0 Å². The average molecular weight is 248 g/mol. The Balaban J connectivity index is 2.49. The van der Waals surface area contributed by atoms with E-state index in [-0.39, 0.29) is 5.41 Å². The van der Waals surface area contributed by atoms with Gasteiger partial charge >= 0.3 is 0 Å². The van der Waals surface area contributed by atoms with Gasteiger partial charge in [0.15, 0.2) is 0 Å². The molecule has 0 bridgehead atoms. The molecule has 1 aliphatic rings. The first-order valence-corrected chi connectivity index (χ1v) is 5.39. The van der Waals surface area contributed by atoms with Gasteiger partial charge in [0.05, 0.1) is 11.5 Å². The van der Waals surface area contributed by atoms with E-state index in [1.54, 1.807) is 0 Å². The van der Waals surface area contributed by atoms with Crippen LogP contribution in [-0.4, -0.2) is 0 Å². The van der Waals surface area contributed by atoms with Gasteiger partial charge in [-0.25, -0.2) is 0 Å². The van der Waals surface area contributed by atoms with Crippen molar-refractivity contribution < 1.29 is 0 Å². The number of halogens is 1. The molecule has 0 atom stereocenters. The van der Waals surface area contributed by atoms with E-state index in [0.29, 0.717) is 0 Å². The molecule has 2 rings (SSSR count). The van der Waals surface area contributed by atoms with Gasteiger partial charge in [0.25, 0.3) is 0 Å². The number of nitrogens with zero attached hydrogens (tertiary/aromatic N) is 1. The topological polar surface area (TPSA) is 23.8 Å². The van der Waals surface area contributed by atoms with E-state index >= 15 is 0 Å². The Labute approximate surface area is 92.2 Å². The van der Waals surface area contributed by atoms with Gasteiger partial charge < -0.3 is 0 Å². The van der Waals surface area contributed by atoms with Crippen molar-refractivity contribution in [2.75, 3.05) is 0 Å². The lowest BCUT2D eigenvalue weighted by Gasteiger charge is -2.21. The molecule has 0 unspecified atom stereocenters. The highest BCUT2D eigenvalue weighted by molar-refractivity contribution is 9.10. The van der Waals surface area contributed by atoms with Crippen LogP contribution >= 0.6 is 15.9 Å². The number of benzene rings is 1. The Kier molecular flexibility index (Phi) is 2.43. The third-order valence-corrected chi connectivity index (χ3v) is 3.39. The van der Waals surface area contributed by atoms with Gasteiger partial charge in [-0.15, -0.1) is 0 Å². The lowest BCUT2D eigenvalue weighted by Crippen LogP contribution is -2.20. The van der Waals surface area contributed by atoms with Gasteiger partial charge in [0.2, 0.25) is 0 Å². The molecule has 70 valence electrons. The summed E-state index contributed by atoms with van der Waals surface area (Å²) in [6.07, 6.45) is 5.82. The Hall–Kier alpha value is -1.07. The maximum Gasteiger partial charge on any atom is 0.0901 e. The van der Waals surface area contributed by atoms with E-state index in [2.05, 4.69) is 34.2 Å². The number of allylic oxidation sites excluding steroid dienone is 2. The summed E-state index contributed by atoms with van der Waals surface area (Å²) in [6, 6.07) is 10.4. The van der Waals surface area contributed by atoms with Crippen molar-refractivity contribution in [1.82, 2.24) is 0 Å². The van der Waals surface area contributed by atoms with Gasteiger partial charge in [0.1, 0.15) is 0 Å². The third-order valence-electron chi connectivity index (χ3n) is 2.70. The minimum Gasteiger partial charge on any atom is -0.197 e. The molecule has 1 nitrogen and oxygen atoms in total. The van der Waals surface area contributed by atoms with Crippen molar-refractivity contribution in [2.45, 2.75) is 18.3 Å². The van der Waals surface area contributed by atoms with Crippen LogP contribution in [-0.2, 0) is 5.41 Å². The van der Waals surface area contributed by atoms with Gasteiger partial charge in [-0.1, -0.05) is 46.3 Å². The summed E-state index contributed by atoms with van der Waals surface area (Å²) >= 11 is 3.50. The maximum atomic E-state index is 9.28. The highest BCUT2D eigenvalue weighted by Gasteiger charge is 2.34. The van der Waals surface area contributed by atoms with E-state index in [9.17, 15) is 5.26 Å². The van der Waals surface area contributed by atoms with Crippen molar-refractivity contribution >= 4 is 15.9 Å². The van der Waals surface area contributed by atoms with Crippen molar-refractivity contribution in [2.24, 2.45) is 0 Å². The number of nitriles is 1. The first kappa shape index (κ1) is 9.48. The zero-order valence-corrected chi connectivity index (χ0v) is 9.29. The molecule has 0 radical (unpaired) electrons. The van der Waals surface area contributed by atoms with Crippen molar-refractivity contribution in [3.8, 4) is 6.07 Å². The maximum absolute atomic E-state index is 9.28. The quantitative estimate of drug-likeness (QED) is 0.697. The summed E-state index contributed by atoms with van der Waals surface area (Å²) in [6.45, 7) is 0. The summed E-state index contributed by atoms with van der Waals surface area (Å²) in [5, 5.41) is 9.28. The van der Waals surface area contributed by atoms with Crippen LogP contribution in [0, 0.1) is 11.3 Å². The minimum absolute atomic E-state index is 0.333. The van der Waals surface area contributed by atoms with Crippen LogP contribution in [0.1, 0.15) is 18.4 Å². The monoisotopic (exact) mass is 247 g/mol. The first-order chi connectivity index (χ1) is 6.78. The molecule has 14 heavy (non-hydrogen) atoms. The smallest absolute Gasteiger partial charge is 0.0901 e. The summed E-state index contributed by atoms with van der Waals surface area (Å²) in [5.41, 5.74) is 0.771. The standard InChI is InChI=1S/C12H10BrN/c13-11-6-2-1-5-10(11)12(9-14)7-3-4-8-12/h1-6H,7-8H2. The molecule has 0 aliphatic heterocycles. The van der Waals surface area contributed by atoms with E-state index in [4.69, 9.17) is 0 Å². The summed E-state index contributed by atoms with van der Waals surface area (Å²) < 4.78 is 1.03. The predicted octanol–water partition coefficient (Wildman–Crippen LogP) is 3.56. The van der Waals surface area contributed by atoms with E-state index in [1.165, 1.54) is 0 Å². The molecule has 1 aromatic carbocycles. The Morgan fingerprint density at radius 3 is 2.43 bits per heavy atom. The molecule has 0 saturated carbocycles. The predicted molar refractivity (Wildman–Crippen MR) is 59.8 cm³/mol. The average Bonchev–Trinajstić information content (AvgIpc) is 2.68. The van der Waals surface area contributed by atoms with Crippen LogP contribution in [0.2, 0.25) is 0 Å². The number of hydrogen-bond donors (Lipinski definition) is 0. The number of hydrogen-bond acceptors (Lipinski definition) is 1. The molecule has 0 heterocycles. The lowest BCUT2D eigenvalue weighted by molar-refractivity contribution is 0.593. The van der Waals surface area contributed by atoms with Gasteiger partial charge in [-0.3, -0.25) is 0 Å². The van der Waals surface area contributed by atoms with Crippen molar-refractivity contribution in [1.29, 1.82) is 5.26 Å². The Morgan fingerprint density at radius 2 is 1.86 bits per heavy atom. The molecule has 0 aromatic heterocycles. The van der Waals surface area contributed by atoms with E-state index in [0.717, 1.165) is 22.9 Å². The fourth-order valence-corrected chi connectivity index (χ4v) is 2.54. The highest BCUT2D eigenvalue weighted by Crippen LogP contribution is 2.39. The van der Waals surface area contributed by atoms with E-state index in [1.807, 2.05) is 24.3 Å². The molecule has 0 spiro atoms. The molecule has 2 heteroatoms. The molecule has 1 aliphatic carbocycles. The zero-order chi connectivity index (χ0) is 10.0. The van der Waals surface area contributed by atoms with Crippen LogP contribution < -0.4 is 0 Å². The van der Waals surface area contributed by atoms with Gasteiger partial charge in [0, 0.05) is 4.47 Å². The summed E-state index contributed by atoms with van der Waals surface area (Å²) in [5.74, 6) is 0. The second kappa shape index (κ2) is 3.59. The molecular weight excluding hydrogens is 238 g/mol. The van der Waals surface area contributed by atoms with Crippen LogP contribution in [0.5, 0.6) is 0 Å². The van der Waals surface area contributed by atoms with Crippen LogP contribution in [0.4, 0.5) is 0 Å². The second-order valence-electron chi connectivity index (χ2n) is 3.55. The van der Waals surface area contributed by atoms with Gasteiger partial charge in [-0.05, 0) is 24.5 Å². The van der Waals surface area contributed by atoms with Crippen LogP contribution in [0.3, 0.4) is 0 Å². The Bertz CT molecular complexity index is 407. The largest absolute Gasteiger partial charge is 0.197 e. The zero-order valence-electron chi connectivity index (χ0n) is 7.70. The molecule has 0 amide bonds. The third kappa shape index (κ3) is 1.38. The van der Waals surface area contributed by atoms with Crippen molar-refractivity contribution in [3.63, 3.8) is 0 Å². The summed E-state index contributed by atoms with van der Waals surface area (Å²) in [7, 11) is 0. The number of rotatable bonds is 1. The van der Waals surface area contributed by atoms with Gasteiger partial charge in [-0.2, -0.15) is 5.26 Å². The second-order valence-corrected chi connectivity index (χ2v) is 4.41. The fraction of sp³-hybridized carbons (Fsp3) is 0.250. The van der Waals surface area contributed by atoms with Crippen molar-refractivity contribution in [3.05, 3.63) is 46.5 Å². The minimum atomic E-state index is -0.333. The normalized spacial score (nSPS) is 18.0. The lowest BCUT2D eigenvalue weighted by atomic mass is 9.80. The SMILES string of the molecule is N#CC1(c2ccccc2Br)CC=CC1.